The molecule has 0 aliphatic rings. The van der Waals surface area contributed by atoms with Crippen LogP contribution in [0.3, 0.4) is 0 Å². The van der Waals surface area contributed by atoms with Crippen LogP contribution in [-0.4, -0.2) is 24.0 Å². The Labute approximate surface area is 124 Å². The van der Waals surface area contributed by atoms with Crippen LogP contribution in [0.25, 0.3) is 0 Å². The van der Waals surface area contributed by atoms with Crippen molar-refractivity contribution >= 4 is 0 Å². The van der Waals surface area contributed by atoms with E-state index in [0.29, 0.717) is 0 Å². The highest BCUT2D eigenvalue weighted by atomic mass is 16.3. The molecule has 0 spiro atoms. The van der Waals surface area contributed by atoms with Gasteiger partial charge in [0.15, 0.2) is 0 Å². The normalized spacial score (nSPS) is 12.3. The van der Waals surface area contributed by atoms with Gasteiger partial charge in [-0.1, -0.05) is 19.8 Å². The van der Waals surface area contributed by atoms with E-state index in [4.69, 9.17) is 4.42 Å². The van der Waals surface area contributed by atoms with Gasteiger partial charge in [0.25, 0.3) is 0 Å². The third kappa shape index (κ3) is 6.58. The highest BCUT2D eigenvalue weighted by Crippen LogP contribution is 2.17. The third-order valence-corrected chi connectivity index (χ3v) is 3.42. The molecule has 3 heteroatoms. The Morgan fingerprint density at radius 2 is 1.95 bits per heavy atom. The fourth-order valence-corrected chi connectivity index (χ4v) is 2.17. The summed E-state index contributed by atoms with van der Waals surface area (Å²) >= 11 is 0. The average Bonchev–Trinajstić information content (AvgIpc) is 2.66. The number of unbranched alkanes of at least 4 members (excludes halogenated alkanes) is 2. The molecule has 1 heterocycles. The summed E-state index contributed by atoms with van der Waals surface area (Å²) in [5.41, 5.74) is 1.37. The van der Waals surface area contributed by atoms with Crippen molar-refractivity contribution in [3.63, 3.8) is 0 Å². The number of nitrogens with one attached hydrogen (secondary N) is 1. The van der Waals surface area contributed by atoms with Crippen molar-refractivity contribution in [3.8, 4) is 0 Å². The van der Waals surface area contributed by atoms with Gasteiger partial charge in [-0.15, -0.1) is 0 Å². The van der Waals surface area contributed by atoms with Crippen LogP contribution in [0.15, 0.2) is 10.5 Å². The second kappa shape index (κ2) is 7.84. The van der Waals surface area contributed by atoms with Crippen molar-refractivity contribution in [1.82, 2.24) is 10.2 Å². The van der Waals surface area contributed by atoms with Gasteiger partial charge in [0, 0.05) is 5.54 Å². The fraction of sp³-hybridized carbons (Fsp3) is 0.765. The van der Waals surface area contributed by atoms with Crippen LogP contribution < -0.4 is 5.32 Å². The van der Waals surface area contributed by atoms with Crippen molar-refractivity contribution in [3.05, 3.63) is 23.2 Å². The van der Waals surface area contributed by atoms with Gasteiger partial charge in [0.05, 0.1) is 13.1 Å². The molecular formula is C17H32N2O. The molecule has 0 fully saturated rings. The molecule has 1 rings (SSSR count). The van der Waals surface area contributed by atoms with E-state index in [2.05, 4.69) is 57.9 Å². The van der Waals surface area contributed by atoms with Crippen molar-refractivity contribution in [2.24, 2.45) is 0 Å². The molecule has 0 aromatic carbocycles. The Balaban J connectivity index is 2.48. The first kappa shape index (κ1) is 17.3. The van der Waals surface area contributed by atoms with Crippen LogP contribution >= 0.6 is 0 Å². The lowest BCUT2D eigenvalue weighted by atomic mass is 10.1. The number of nitrogens with zero attached hydrogens (tertiary/aromatic N) is 1. The minimum atomic E-state index is 0.121. The molecule has 3 nitrogen and oxygen atoms in total. The van der Waals surface area contributed by atoms with E-state index in [9.17, 15) is 0 Å². The maximum absolute atomic E-state index is 5.98. The fourth-order valence-electron chi connectivity index (χ4n) is 2.17. The van der Waals surface area contributed by atoms with Gasteiger partial charge in [-0.05, 0) is 59.3 Å². The maximum atomic E-state index is 5.98. The van der Waals surface area contributed by atoms with Gasteiger partial charge in [0.1, 0.15) is 11.5 Å². The van der Waals surface area contributed by atoms with E-state index >= 15 is 0 Å². The van der Waals surface area contributed by atoms with Crippen LogP contribution in [0, 0.1) is 6.92 Å². The van der Waals surface area contributed by atoms with Crippen LogP contribution in [0.1, 0.15) is 64.0 Å². The minimum Gasteiger partial charge on any atom is -0.463 e. The highest BCUT2D eigenvalue weighted by molar-refractivity contribution is 5.20. The lowest BCUT2D eigenvalue weighted by Gasteiger charge is -2.19. The molecule has 20 heavy (non-hydrogen) atoms. The molecule has 0 amide bonds. The van der Waals surface area contributed by atoms with E-state index in [1.807, 2.05) is 0 Å². The van der Waals surface area contributed by atoms with Gasteiger partial charge >= 0.3 is 0 Å². The second-order valence-electron chi connectivity index (χ2n) is 6.87. The Bertz CT molecular complexity index is 390. The van der Waals surface area contributed by atoms with E-state index in [1.165, 1.54) is 24.8 Å². The molecule has 0 radical (unpaired) electrons. The highest BCUT2D eigenvalue weighted by Gasteiger charge is 2.13. The molecular weight excluding hydrogens is 248 g/mol. The summed E-state index contributed by atoms with van der Waals surface area (Å²) in [4.78, 5) is 2.34. The molecule has 0 aliphatic carbocycles. The summed E-state index contributed by atoms with van der Waals surface area (Å²) in [5, 5.41) is 3.48. The van der Waals surface area contributed by atoms with Crippen molar-refractivity contribution < 1.29 is 4.42 Å². The smallest absolute Gasteiger partial charge is 0.120 e. The molecule has 1 aromatic rings. The zero-order valence-corrected chi connectivity index (χ0v) is 14.2. The molecule has 1 aromatic heterocycles. The lowest BCUT2D eigenvalue weighted by Crippen LogP contribution is -2.35. The average molecular weight is 280 g/mol. The van der Waals surface area contributed by atoms with E-state index in [0.717, 1.165) is 31.2 Å². The summed E-state index contributed by atoms with van der Waals surface area (Å²) in [6.07, 6.45) is 3.85. The molecule has 0 bridgehead atoms. The predicted octanol–water partition coefficient (Wildman–Crippen LogP) is 4.10. The van der Waals surface area contributed by atoms with Gasteiger partial charge in [-0.2, -0.15) is 0 Å². The molecule has 116 valence electrons. The first-order valence-corrected chi connectivity index (χ1v) is 7.83. The zero-order chi connectivity index (χ0) is 15.2. The molecule has 0 saturated heterocycles. The van der Waals surface area contributed by atoms with Crippen LogP contribution in [0.2, 0.25) is 0 Å². The largest absolute Gasteiger partial charge is 0.463 e. The molecule has 0 saturated carbocycles. The molecule has 0 unspecified atom stereocenters. The quantitative estimate of drug-likeness (QED) is 0.727. The van der Waals surface area contributed by atoms with Gasteiger partial charge in [0.2, 0.25) is 0 Å². The first-order valence-electron chi connectivity index (χ1n) is 7.83. The van der Waals surface area contributed by atoms with Crippen LogP contribution in [0.5, 0.6) is 0 Å². The van der Waals surface area contributed by atoms with Gasteiger partial charge in [-0.25, -0.2) is 0 Å². The van der Waals surface area contributed by atoms with Gasteiger partial charge in [-0.3, -0.25) is 4.90 Å². The van der Waals surface area contributed by atoms with E-state index in [-0.39, 0.29) is 5.54 Å². The third-order valence-electron chi connectivity index (χ3n) is 3.42. The first-order chi connectivity index (χ1) is 9.31. The number of hydrogen-bond acceptors (Lipinski definition) is 3. The predicted molar refractivity (Wildman–Crippen MR) is 85.9 cm³/mol. The monoisotopic (exact) mass is 280 g/mol. The topological polar surface area (TPSA) is 28.4 Å². The van der Waals surface area contributed by atoms with E-state index < -0.39 is 0 Å². The second-order valence-corrected chi connectivity index (χ2v) is 6.87. The molecule has 0 aliphatic heterocycles. The van der Waals surface area contributed by atoms with Crippen LogP contribution in [-0.2, 0) is 13.1 Å². The van der Waals surface area contributed by atoms with Crippen molar-refractivity contribution in [1.29, 1.82) is 0 Å². The summed E-state index contributed by atoms with van der Waals surface area (Å²) in [7, 11) is 2.17. The van der Waals surface area contributed by atoms with Gasteiger partial charge < -0.3 is 9.73 Å². The standard InChI is InChI=1S/C17H32N2O/c1-7-8-9-10-19(6)13-15-11-14(2)16(20-15)12-18-17(3,4)5/h11,18H,7-10,12-13H2,1-6H3. The Kier molecular flexibility index (Phi) is 6.77. The van der Waals surface area contributed by atoms with Crippen LogP contribution in [0.4, 0.5) is 0 Å². The Morgan fingerprint density at radius 1 is 1.25 bits per heavy atom. The van der Waals surface area contributed by atoms with Crippen molar-refractivity contribution in [2.45, 2.75) is 72.5 Å². The SMILES string of the molecule is CCCCCN(C)Cc1cc(C)c(CNC(C)(C)C)o1. The number of furan rings is 1. The lowest BCUT2D eigenvalue weighted by molar-refractivity contribution is 0.281. The zero-order valence-electron chi connectivity index (χ0n) is 14.2. The summed E-state index contributed by atoms with van der Waals surface area (Å²) in [5.74, 6) is 2.14. The summed E-state index contributed by atoms with van der Waals surface area (Å²) < 4.78 is 5.98. The Hall–Kier alpha value is -0.800. The summed E-state index contributed by atoms with van der Waals surface area (Å²) in [6.45, 7) is 13.7. The number of hydrogen-bond donors (Lipinski definition) is 1. The summed E-state index contributed by atoms with van der Waals surface area (Å²) in [6, 6.07) is 2.18. The van der Waals surface area contributed by atoms with E-state index in [1.54, 1.807) is 0 Å². The number of rotatable bonds is 8. The maximum Gasteiger partial charge on any atom is 0.120 e. The van der Waals surface area contributed by atoms with Crippen molar-refractivity contribution in [2.75, 3.05) is 13.6 Å². The molecule has 1 N–H and O–H groups in total. The Morgan fingerprint density at radius 3 is 2.55 bits per heavy atom. The number of aryl methyl sites for hydroxylation is 1. The minimum absolute atomic E-state index is 0.121. The molecule has 0 atom stereocenters.